The first-order valence-electron chi connectivity index (χ1n) is 6.78. The second kappa shape index (κ2) is 5.47. The summed E-state index contributed by atoms with van der Waals surface area (Å²) in [6.45, 7) is -0.469. The maximum Gasteiger partial charge on any atom is 0.188 e. The minimum atomic E-state index is -0.469. The SMILES string of the molecule is O=C(CO)c1ccc(Oc2ccc(C3CC3)cc2)cc1. The average Bonchev–Trinajstić information content (AvgIpc) is 3.33. The fourth-order valence-electron chi connectivity index (χ4n) is 2.16. The number of ketones is 1. The lowest BCUT2D eigenvalue weighted by molar-refractivity contribution is 0.0903. The highest BCUT2D eigenvalue weighted by atomic mass is 16.5. The number of carbonyl (C=O) groups is 1. The molecule has 0 amide bonds. The Morgan fingerprint density at radius 3 is 2.05 bits per heavy atom. The number of aliphatic hydroxyl groups excluding tert-OH is 1. The number of Topliss-reactive ketones (excluding diaryl/α,β-unsaturated/α-hetero) is 1. The van der Waals surface area contributed by atoms with Gasteiger partial charge in [0.2, 0.25) is 0 Å². The summed E-state index contributed by atoms with van der Waals surface area (Å²) in [5, 5.41) is 8.79. The average molecular weight is 268 g/mol. The summed E-state index contributed by atoms with van der Waals surface area (Å²) in [5.74, 6) is 1.92. The predicted molar refractivity (Wildman–Crippen MR) is 76.3 cm³/mol. The van der Waals surface area contributed by atoms with Gasteiger partial charge in [0, 0.05) is 5.56 Å². The first-order valence-corrected chi connectivity index (χ1v) is 6.78. The number of benzene rings is 2. The van der Waals surface area contributed by atoms with E-state index in [-0.39, 0.29) is 5.78 Å². The molecule has 0 atom stereocenters. The number of aliphatic hydroxyl groups is 1. The smallest absolute Gasteiger partial charge is 0.188 e. The van der Waals surface area contributed by atoms with Gasteiger partial charge in [-0.25, -0.2) is 0 Å². The first-order chi connectivity index (χ1) is 9.76. The van der Waals surface area contributed by atoms with Gasteiger partial charge >= 0.3 is 0 Å². The van der Waals surface area contributed by atoms with E-state index in [1.165, 1.54) is 18.4 Å². The molecule has 1 saturated carbocycles. The Morgan fingerprint density at radius 1 is 1.00 bits per heavy atom. The van der Waals surface area contributed by atoms with Crippen LogP contribution in [0.25, 0.3) is 0 Å². The van der Waals surface area contributed by atoms with Crippen molar-refractivity contribution in [3.63, 3.8) is 0 Å². The second-order valence-electron chi connectivity index (χ2n) is 5.05. The van der Waals surface area contributed by atoms with Gasteiger partial charge in [-0.1, -0.05) is 12.1 Å². The molecule has 1 aliphatic carbocycles. The highest BCUT2D eigenvalue weighted by Gasteiger charge is 2.22. The van der Waals surface area contributed by atoms with Crippen LogP contribution in [0.15, 0.2) is 48.5 Å². The van der Waals surface area contributed by atoms with Gasteiger partial charge < -0.3 is 9.84 Å². The molecule has 0 spiro atoms. The van der Waals surface area contributed by atoms with E-state index in [1.54, 1.807) is 24.3 Å². The van der Waals surface area contributed by atoms with E-state index < -0.39 is 6.61 Å². The Bertz CT molecular complexity index is 595. The van der Waals surface area contributed by atoms with Gasteiger partial charge in [-0.3, -0.25) is 4.79 Å². The maximum absolute atomic E-state index is 11.3. The maximum atomic E-state index is 11.3. The largest absolute Gasteiger partial charge is 0.457 e. The van der Waals surface area contributed by atoms with Crippen molar-refractivity contribution in [2.75, 3.05) is 6.61 Å². The second-order valence-corrected chi connectivity index (χ2v) is 5.05. The third kappa shape index (κ3) is 2.89. The molecule has 1 N–H and O–H groups in total. The number of rotatable bonds is 5. The van der Waals surface area contributed by atoms with Crippen LogP contribution >= 0.6 is 0 Å². The number of hydrogen-bond acceptors (Lipinski definition) is 3. The number of hydrogen-bond donors (Lipinski definition) is 1. The zero-order valence-electron chi connectivity index (χ0n) is 11.1. The monoisotopic (exact) mass is 268 g/mol. The lowest BCUT2D eigenvalue weighted by Gasteiger charge is -2.07. The third-order valence-corrected chi connectivity index (χ3v) is 3.48. The van der Waals surface area contributed by atoms with Crippen molar-refractivity contribution in [1.82, 2.24) is 0 Å². The van der Waals surface area contributed by atoms with Crippen LogP contribution in [-0.4, -0.2) is 17.5 Å². The summed E-state index contributed by atoms with van der Waals surface area (Å²) in [4.78, 5) is 11.3. The van der Waals surface area contributed by atoms with Crippen LogP contribution in [0.3, 0.4) is 0 Å². The van der Waals surface area contributed by atoms with Crippen LogP contribution in [0.2, 0.25) is 0 Å². The number of ether oxygens (including phenoxy) is 1. The van der Waals surface area contributed by atoms with Gasteiger partial charge in [-0.05, 0) is 60.7 Å². The van der Waals surface area contributed by atoms with E-state index in [4.69, 9.17) is 9.84 Å². The van der Waals surface area contributed by atoms with Crippen LogP contribution in [0, 0.1) is 0 Å². The molecule has 2 aromatic rings. The summed E-state index contributed by atoms with van der Waals surface area (Å²) < 4.78 is 5.73. The lowest BCUT2D eigenvalue weighted by Crippen LogP contribution is -2.03. The molecule has 1 fully saturated rings. The van der Waals surface area contributed by atoms with E-state index in [0.717, 1.165) is 11.7 Å². The third-order valence-electron chi connectivity index (χ3n) is 3.48. The molecule has 20 heavy (non-hydrogen) atoms. The standard InChI is InChI=1S/C17H16O3/c18-11-17(19)14-5-9-16(10-6-14)20-15-7-3-13(4-8-15)12-1-2-12/h3-10,12,18H,1-2,11H2. The topological polar surface area (TPSA) is 46.5 Å². The van der Waals surface area contributed by atoms with Gasteiger partial charge in [-0.2, -0.15) is 0 Å². The van der Waals surface area contributed by atoms with Crippen molar-refractivity contribution in [3.8, 4) is 11.5 Å². The molecule has 102 valence electrons. The van der Waals surface area contributed by atoms with Crippen LogP contribution in [0.4, 0.5) is 0 Å². The van der Waals surface area contributed by atoms with Gasteiger partial charge in [0.05, 0.1) is 0 Å². The van der Waals surface area contributed by atoms with Crippen LogP contribution < -0.4 is 4.74 Å². The van der Waals surface area contributed by atoms with Crippen molar-refractivity contribution < 1.29 is 14.6 Å². The fraction of sp³-hybridized carbons (Fsp3) is 0.235. The normalized spacial score (nSPS) is 14.1. The van der Waals surface area contributed by atoms with Gasteiger partial charge in [0.1, 0.15) is 18.1 Å². The molecule has 0 bridgehead atoms. The zero-order valence-corrected chi connectivity index (χ0v) is 11.1. The van der Waals surface area contributed by atoms with Crippen molar-refractivity contribution in [2.45, 2.75) is 18.8 Å². The Hall–Kier alpha value is -2.13. The van der Waals surface area contributed by atoms with Crippen molar-refractivity contribution in [3.05, 3.63) is 59.7 Å². The summed E-state index contributed by atoms with van der Waals surface area (Å²) >= 11 is 0. The van der Waals surface area contributed by atoms with E-state index in [1.807, 2.05) is 12.1 Å². The molecule has 0 heterocycles. The van der Waals surface area contributed by atoms with Gasteiger partial charge in [-0.15, -0.1) is 0 Å². The van der Waals surface area contributed by atoms with Crippen LogP contribution in [-0.2, 0) is 0 Å². The molecule has 0 aliphatic heterocycles. The molecular weight excluding hydrogens is 252 g/mol. The molecule has 0 saturated heterocycles. The van der Waals surface area contributed by atoms with Crippen molar-refractivity contribution in [1.29, 1.82) is 0 Å². The molecule has 1 aliphatic rings. The Morgan fingerprint density at radius 2 is 1.55 bits per heavy atom. The Kier molecular flexibility index (Phi) is 3.52. The zero-order chi connectivity index (χ0) is 13.9. The van der Waals surface area contributed by atoms with E-state index in [2.05, 4.69) is 12.1 Å². The van der Waals surface area contributed by atoms with Crippen molar-refractivity contribution >= 4 is 5.78 Å². The summed E-state index contributed by atoms with van der Waals surface area (Å²) in [5.41, 5.74) is 1.87. The minimum Gasteiger partial charge on any atom is -0.457 e. The van der Waals surface area contributed by atoms with E-state index >= 15 is 0 Å². The van der Waals surface area contributed by atoms with Crippen LogP contribution in [0.1, 0.15) is 34.7 Å². The quantitative estimate of drug-likeness (QED) is 0.844. The molecule has 3 rings (SSSR count). The van der Waals surface area contributed by atoms with E-state index in [0.29, 0.717) is 11.3 Å². The Balaban J connectivity index is 1.68. The fourth-order valence-corrected chi connectivity index (χ4v) is 2.16. The Labute approximate surface area is 117 Å². The molecule has 3 heteroatoms. The minimum absolute atomic E-state index is 0.287. The van der Waals surface area contributed by atoms with E-state index in [9.17, 15) is 4.79 Å². The number of carbonyl (C=O) groups excluding carboxylic acids is 1. The molecule has 0 aromatic heterocycles. The predicted octanol–water partition coefficient (Wildman–Crippen LogP) is 3.53. The highest BCUT2D eigenvalue weighted by molar-refractivity contribution is 5.96. The van der Waals surface area contributed by atoms with Crippen molar-refractivity contribution in [2.24, 2.45) is 0 Å². The van der Waals surface area contributed by atoms with Gasteiger partial charge in [0.25, 0.3) is 0 Å². The molecule has 0 radical (unpaired) electrons. The van der Waals surface area contributed by atoms with Crippen LogP contribution in [0.5, 0.6) is 11.5 Å². The van der Waals surface area contributed by atoms with Gasteiger partial charge in [0.15, 0.2) is 5.78 Å². The lowest BCUT2D eigenvalue weighted by atomic mass is 10.1. The molecular formula is C17H16O3. The summed E-state index contributed by atoms with van der Waals surface area (Å²) in [7, 11) is 0. The molecule has 3 nitrogen and oxygen atoms in total. The first kappa shape index (κ1) is 12.9. The summed E-state index contributed by atoms with van der Waals surface area (Å²) in [6, 6.07) is 14.9. The molecule has 2 aromatic carbocycles. The summed E-state index contributed by atoms with van der Waals surface area (Å²) in [6.07, 6.45) is 2.58. The molecule has 0 unspecified atom stereocenters. The highest BCUT2D eigenvalue weighted by Crippen LogP contribution is 2.40.